The first-order valence-electron chi connectivity index (χ1n) is 11.8. The molecule has 0 radical (unpaired) electrons. The zero-order chi connectivity index (χ0) is 27.0. The summed E-state index contributed by atoms with van der Waals surface area (Å²) in [5.41, 5.74) is 6.22. The molecule has 2 atom stereocenters. The molecule has 0 bridgehead atoms. The average Bonchev–Trinajstić information content (AvgIpc) is 2.91. The molecule has 3 N–H and O–H groups in total. The lowest BCUT2D eigenvalue weighted by atomic mass is 9.75. The van der Waals surface area contributed by atoms with Crippen molar-refractivity contribution in [2.24, 2.45) is 5.73 Å². The molecule has 0 aliphatic heterocycles. The maximum atomic E-state index is 13.9. The molecule has 0 saturated heterocycles. The Bertz CT molecular complexity index is 1210. The van der Waals surface area contributed by atoms with Gasteiger partial charge in [0.25, 0.3) is 5.69 Å². The quantitative estimate of drug-likeness (QED) is 0.233. The number of primary amides is 1. The number of nitro groups is 1. The number of hydrogen-bond donors (Lipinski definition) is 2. The van der Waals surface area contributed by atoms with Crippen LogP contribution in [0.4, 0.5) is 5.69 Å². The van der Waals surface area contributed by atoms with Gasteiger partial charge >= 0.3 is 5.97 Å². The fraction of sp³-hybridized carbons (Fsp3) is 0.250. The van der Waals surface area contributed by atoms with Crippen molar-refractivity contribution in [2.45, 2.75) is 37.6 Å². The van der Waals surface area contributed by atoms with Crippen molar-refractivity contribution in [3.8, 4) is 0 Å². The second-order valence-electron chi connectivity index (χ2n) is 8.67. The van der Waals surface area contributed by atoms with Crippen LogP contribution < -0.4 is 11.1 Å². The highest BCUT2D eigenvalue weighted by Crippen LogP contribution is 2.34. The molecule has 0 spiro atoms. The summed E-state index contributed by atoms with van der Waals surface area (Å²) in [7, 11) is 0. The van der Waals surface area contributed by atoms with E-state index in [0.717, 1.165) is 0 Å². The lowest BCUT2D eigenvalue weighted by molar-refractivity contribution is -0.384. The van der Waals surface area contributed by atoms with Crippen molar-refractivity contribution in [2.75, 3.05) is 6.61 Å². The Morgan fingerprint density at radius 2 is 1.46 bits per heavy atom. The summed E-state index contributed by atoms with van der Waals surface area (Å²) >= 11 is 0. The number of nitro benzene ring substituents is 1. The molecular formula is C28H29N3O6. The van der Waals surface area contributed by atoms with E-state index in [2.05, 4.69) is 5.32 Å². The number of nitrogens with zero attached hydrogens (tertiary/aromatic N) is 1. The van der Waals surface area contributed by atoms with E-state index in [-0.39, 0.29) is 18.7 Å². The third kappa shape index (κ3) is 6.19. The summed E-state index contributed by atoms with van der Waals surface area (Å²) in [6, 6.07) is 22.3. The Morgan fingerprint density at radius 1 is 0.946 bits per heavy atom. The van der Waals surface area contributed by atoms with Gasteiger partial charge in [0, 0.05) is 18.1 Å². The standard InChI is InChI=1S/C28H29N3O6/c1-3-37-24(32)18-23(19-14-16-22(17-15-19)31(35)36)25(26(29)33)30-27(34)28(2,20-10-6-4-7-11-20)21-12-8-5-9-13-21/h4-17,23,25H,3,18H2,1-2H3,(H2,29,33)(H,30,34)/t23-,25-/m1/s1. The third-order valence-corrected chi connectivity index (χ3v) is 6.38. The van der Waals surface area contributed by atoms with Crippen molar-refractivity contribution < 1.29 is 24.0 Å². The summed E-state index contributed by atoms with van der Waals surface area (Å²) in [4.78, 5) is 49.7. The van der Waals surface area contributed by atoms with E-state index in [9.17, 15) is 24.5 Å². The van der Waals surface area contributed by atoms with Gasteiger partial charge < -0.3 is 15.8 Å². The van der Waals surface area contributed by atoms with Crippen molar-refractivity contribution in [3.05, 3.63) is 112 Å². The van der Waals surface area contributed by atoms with E-state index in [1.165, 1.54) is 24.3 Å². The fourth-order valence-corrected chi connectivity index (χ4v) is 4.30. The maximum Gasteiger partial charge on any atom is 0.306 e. The monoisotopic (exact) mass is 503 g/mol. The van der Waals surface area contributed by atoms with Gasteiger partial charge in [-0.1, -0.05) is 72.8 Å². The Balaban J connectivity index is 2.05. The maximum absolute atomic E-state index is 13.9. The van der Waals surface area contributed by atoms with Crippen molar-refractivity contribution in [1.82, 2.24) is 5.32 Å². The summed E-state index contributed by atoms with van der Waals surface area (Å²) in [5, 5.41) is 13.9. The van der Waals surface area contributed by atoms with Gasteiger partial charge in [-0.15, -0.1) is 0 Å². The van der Waals surface area contributed by atoms with Gasteiger partial charge in [-0.2, -0.15) is 0 Å². The van der Waals surface area contributed by atoms with Gasteiger partial charge in [-0.3, -0.25) is 24.5 Å². The number of nitrogens with two attached hydrogens (primary N) is 1. The van der Waals surface area contributed by atoms with Gasteiger partial charge in [0.15, 0.2) is 0 Å². The van der Waals surface area contributed by atoms with E-state index < -0.39 is 40.1 Å². The highest BCUT2D eigenvalue weighted by molar-refractivity contribution is 5.95. The molecule has 0 unspecified atom stereocenters. The van der Waals surface area contributed by atoms with E-state index in [0.29, 0.717) is 16.7 Å². The van der Waals surface area contributed by atoms with Crippen LogP contribution in [-0.4, -0.2) is 35.4 Å². The lowest BCUT2D eigenvalue weighted by Gasteiger charge is -2.33. The van der Waals surface area contributed by atoms with Crippen LogP contribution in [0.3, 0.4) is 0 Å². The number of rotatable bonds is 11. The highest BCUT2D eigenvalue weighted by Gasteiger charge is 2.41. The number of amides is 2. The van der Waals surface area contributed by atoms with Gasteiger partial charge in [-0.25, -0.2) is 0 Å². The molecule has 0 aromatic heterocycles. The molecule has 3 aromatic carbocycles. The first-order chi connectivity index (χ1) is 17.7. The number of carbonyl (C=O) groups excluding carboxylic acids is 3. The topological polar surface area (TPSA) is 142 Å². The van der Waals surface area contributed by atoms with Crippen LogP contribution in [-0.2, 0) is 24.5 Å². The Hall–Kier alpha value is -4.53. The second-order valence-corrected chi connectivity index (χ2v) is 8.67. The van der Waals surface area contributed by atoms with Crippen molar-refractivity contribution >= 4 is 23.5 Å². The minimum Gasteiger partial charge on any atom is -0.466 e. The van der Waals surface area contributed by atoms with E-state index in [4.69, 9.17) is 10.5 Å². The molecular weight excluding hydrogens is 474 g/mol. The molecule has 3 aromatic rings. The first-order valence-corrected chi connectivity index (χ1v) is 11.8. The Labute approximate surface area is 214 Å². The molecule has 0 aliphatic rings. The second kappa shape index (κ2) is 11.9. The number of nitrogens with one attached hydrogen (secondary N) is 1. The van der Waals surface area contributed by atoms with Gasteiger partial charge in [-0.05, 0) is 30.5 Å². The summed E-state index contributed by atoms with van der Waals surface area (Å²) in [6.07, 6.45) is -0.271. The smallest absolute Gasteiger partial charge is 0.306 e. The number of esters is 1. The predicted octanol–water partition coefficient (Wildman–Crippen LogP) is 3.61. The van der Waals surface area contributed by atoms with Crippen LogP contribution in [0.1, 0.15) is 42.9 Å². The summed E-state index contributed by atoms with van der Waals surface area (Å²) < 4.78 is 5.08. The summed E-state index contributed by atoms with van der Waals surface area (Å²) in [5.74, 6) is -2.87. The minimum absolute atomic E-state index is 0.125. The predicted molar refractivity (Wildman–Crippen MR) is 138 cm³/mol. The van der Waals surface area contributed by atoms with E-state index in [1.807, 2.05) is 60.7 Å². The van der Waals surface area contributed by atoms with Gasteiger partial charge in [0.2, 0.25) is 11.8 Å². The SMILES string of the molecule is CCOC(=O)C[C@H](c1ccc([N+](=O)[O-])cc1)[C@@H](NC(=O)C(C)(c1ccccc1)c1ccccc1)C(N)=O. The molecule has 9 heteroatoms. The molecule has 9 nitrogen and oxygen atoms in total. The van der Waals surface area contributed by atoms with Crippen molar-refractivity contribution in [1.29, 1.82) is 0 Å². The number of hydrogen-bond acceptors (Lipinski definition) is 6. The molecule has 37 heavy (non-hydrogen) atoms. The average molecular weight is 504 g/mol. The molecule has 3 rings (SSSR count). The lowest BCUT2D eigenvalue weighted by Crippen LogP contribution is -2.54. The number of non-ortho nitro benzene ring substituents is 1. The molecule has 0 saturated carbocycles. The third-order valence-electron chi connectivity index (χ3n) is 6.38. The zero-order valence-corrected chi connectivity index (χ0v) is 20.6. The highest BCUT2D eigenvalue weighted by atomic mass is 16.6. The normalized spacial score (nSPS) is 12.7. The molecule has 192 valence electrons. The first kappa shape index (κ1) is 27.1. The molecule has 0 heterocycles. The molecule has 0 aliphatic carbocycles. The van der Waals surface area contributed by atoms with Crippen LogP contribution in [0.5, 0.6) is 0 Å². The van der Waals surface area contributed by atoms with Crippen molar-refractivity contribution in [3.63, 3.8) is 0 Å². The van der Waals surface area contributed by atoms with Crippen LogP contribution in [0.15, 0.2) is 84.9 Å². The van der Waals surface area contributed by atoms with Crippen LogP contribution >= 0.6 is 0 Å². The molecule has 0 fully saturated rings. The van der Waals surface area contributed by atoms with Gasteiger partial charge in [0.05, 0.1) is 23.4 Å². The van der Waals surface area contributed by atoms with Gasteiger partial charge in [0.1, 0.15) is 6.04 Å². The molecule has 2 amide bonds. The Morgan fingerprint density at radius 3 is 1.89 bits per heavy atom. The number of benzene rings is 3. The zero-order valence-electron chi connectivity index (χ0n) is 20.6. The van der Waals surface area contributed by atoms with Crippen LogP contribution in [0, 0.1) is 10.1 Å². The van der Waals surface area contributed by atoms with Crippen LogP contribution in [0.25, 0.3) is 0 Å². The number of ether oxygens (including phenoxy) is 1. The minimum atomic E-state index is -1.30. The van der Waals surface area contributed by atoms with E-state index in [1.54, 1.807) is 13.8 Å². The largest absolute Gasteiger partial charge is 0.466 e. The number of carbonyl (C=O) groups is 3. The van der Waals surface area contributed by atoms with E-state index >= 15 is 0 Å². The Kier molecular flexibility index (Phi) is 8.73. The summed E-state index contributed by atoms with van der Waals surface area (Å²) in [6.45, 7) is 3.52. The fourth-order valence-electron chi connectivity index (χ4n) is 4.30. The van der Waals surface area contributed by atoms with Crippen LogP contribution in [0.2, 0.25) is 0 Å².